The lowest BCUT2D eigenvalue weighted by molar-refractivity contribution is -0.465. The average molecular weight is 630 g/mol. The Morgan fingerprint density at radius 1 is 0.590 bits per heavy atom. The van der Waals surface area contributed by atoms with Crippen molar-refractivity contribution in [1.82, 2.24) is 0 Å². The van der Waals surface area contributed by atoms with Gasteiger partial charge in [-0.15, -0.1) is 0 Å². The second kappa shape index (κ2) is 10.2. The van der Waals surface area contributed by atoms with E-state index in [2.05, 4.69) is 16.1 Å². The summed E-state index contributed by atoms with van der Waals surface area (Å²) in [5, 5.41) is 0. The van der Waals surface area contributed by atoms with E-state index < -0.39 is 84.7 Å². The molecule has 0 aromatic rings. The molecule has 0 aromatic heterocycles. The van der Waals surface area contributed by atoms with Crippen LogP contribution in [0.3, 0.4) is 0 Å². The molecule has 0 saturated heterocycles. The van der Waals surface area contributed by atoms with Crippen molar-refractivity contribution < 1.29 is 102 Å². The Kier molecular flexibility index (Phi) is 9.59. The van der Waals surface area contributed by atoms with Crippen LogP contribution in [0.2, 0.25) is 0 Å². The maximum atomic E-state index is 13.7. The predicted molar refractivity (Wildman–Crippen MR) is 82.3 cm³/mol. The molecule has 0 unspecified atom stereocenters. The molecule has 0 heterocycles. The van der Waals surface area contributed by atoms with Crippen LogP contribution in [0.15, 0.2) is 12.3 Å². The van der Waals surface area contributed by atoms with Gasteiger partial charge in [0.15, 0.2) is 12.4 Å². The SMILES string of the molecule is C=C(OCC(F)(F)C(F)(F)C(F)(F)C(F)(F)C(F)(F)C(F)(F)C(F)(F)C(F)(F)C(F)(F)C(F)F)C(=O)OCC. The number of rotatable bonds is 14. The van der Waals surface area contributed by atoms with Gasteiger partial charge >= 0.3 is 65.7 Å². The molecule has 0 aliphatic carbocycles. The highest BCUT2D eigenvalue weighted by molar-refractivity contribution is 5.85. The molecular weight excluding hydrogens is 620 g/mol. The summed E-state index contributed by atoms with van der Waals surface area (Å²) in [4.78, 5) is 11.0. The molecule has 0 spiro atoms. The largest absolute Gasteiger partial charge is 0.480 e. The average Bonchev–Trinajstić information content (AvgIpc) is 2.76. The zero-order chi connectivity index (χ0) is 32.1. The Labute approximate surface area is 201 Å². The van der Waals surface area contributed by atoms with E-state index in [9.17, 15) is 92.6 Å². The number of hydrogen-bond acceptors (Lipinski definition) is 3. The molecule has 0 aliphatic rings. The number of carbonyl (C=O) groups excluding carboxylic acids is 1. The van der Waals surface area contributed by atoms with Crippen LogP contribution in [-0.2, 0) is 14.3 Å². The minimum Gasteiger partial charge on any atom is -0.480 e. The van der Waals surface area contributed by atoms with E-state index >= 15 is 0 Å². The molecule has 0 N–H and O–H groups in total. The molecule has 0 aliphatic heterocycles. The first-order chi connectivity index (χ1) is 16.8. The van der Waals surface area contributed by atoms with Crippen LogP contribution >= 0.6 is 0 Å². The molecule has 0 fully saturated rings. The Balaban J connectivity index is 6.73. The van der Waals surface area contributed by atoms with Crippen molar-refractivity contribution in [3.8, 4) is 0 Å². The molecule has 0 atom stereocenters. The van der Waals surface area contributed by atoms with Crippen LogP contribution in [-0.4, -0.2) is 78.9 Å². The third-order valence-electron chi connectivity index (χ3n) is 4.45. The van der Waals surface area contributed by atoms with Crippen molar-refractivity contribution in [2.24, 2.45) is 0 Å². The van der Waals surface area contributed by atoms with Gasteiger partial charge < -0.3 is 9.47 Å². The van der Waals surface area contributed by atoms with Crippen LogP contribution in [0.5, 0.6) is 0 Å². The molecule has 232 valence electrons. The first-order valence-corrected chi connectivity index (χ1v) is 8.98. The van der Waals surface area contributed by atoms with Gasteiger partial charge in [0.1, 0.15) is 0 Å². The van der Waals surface area contributed by atoms with Gasteiger partial charge in [-0.25, -0.2) is 13.6 Å². The molecule has 0 rings (SSSR count). The van der Waals surface area contributed by atoms with Crippen LogP contribution < -0.4 is 0 Å². The molecule has 0 bridgehead atoms. The van der Waals surface area contributed by atoms with E-state index in [0.717, 1.165) is 6.92 Å². The number of halogens is 20. The van der Waals surface area contributed by atoms with Gasteiger partial charge in [0.05, 0.1) is 6.61 Å². The van der Waals surface area contributed by atoms with Gasteiger partial charge in [-0.2, -0.15) is 79.0 Å². The van der Waals surface area contributed by atoms with E-state index in [1.165, 1.54) is 0 Å². The van der Waals surface area contributed by atoms with Gasteiger partial charge in [-0.1, -0.05) is 0 Å². The monoisotopic (exact) mass is 630 g/mol. The fourth-order valence-electron chi connectivity index (χ4n) is 2.10. The van der Waals surface area contributed by atoms with Crippen LogP contribution in [0.1, 0.15) is 6.92 Å². The van der Waals surface area contributed by atoms with Crippen LogP contribution in [0.4, 0.5) is 87.8 Å². The number of carbonyl (C=O) groups is 1. The molecule has 23 heteroatoms. The van der Waals surface area contributed by atoms with E-state index in [0.29, 0.717) is 0 Å². The van der Waals surface area contributed by atoms with Gasteiger partial charge in [0.25, 0.3) is 0 Å². The lowest BCUT2D eigenvalue weighted by Gasteiger charge is -2.44. The molecule has 39 heavy (non-hydrogen) atoms. The standard InChI is InChI=1S/C16H10F20O3/c1-3-38-6(37)5(2)39-4-8(19,20)10(23,24)12(27,28)14(31,32)16(35,36)15(33,34)13(29,30)11(25,26)9(21,22)7(17)18/h7H,2-4H2,1H3. The fraction of sp³-hybridized carbons (Fsp3) is 0.812. The Hall–Kier alpha value is -2.39. The summed E-state index contributed by atoms with van der Waals surface area (Å²) in [5.74, 6) is -79.6. The molecule has 0 amide bonds. The lowest BCUT2D eigenvalue weighted by atomic mass is 9.86. The van der Waals surface area contributed by atoms with E-state index in [4.69, 9.17) is 0 Å². The Morgan fingerprint density at radius 3 is 1.21 bits per heavy atom. The van der Waals surface area contributed by atoms with Crippen molar-refractivity contribution in [3.63, 3.8) is 0 Å². The second-order valence-corrected chi connectivity index (χ2v) is 7.08. The predicted octanol–water partition coefficient (Wildman–Crippen LogP) is 7.06. The summed E-state index contributed by atoms with van der Waals surface area (Å²) in [6, 6.07) is 0. The first kappa shape index (κ1) is 36.6. The van der Waals surface area contributed by atoms with E-state index in [-0.39, 0.29) is 0 Å². The van der Waals surface area contributed by atoms with Gasteiger partial charge in [0.2, 0.25) is 0 Å². The Morgan fingerprint density at radius 2 is 0.897 bits per heavy atom. The number of ether oxygens (including phenoxy) is 2. The summed E-state index contributed by atoms with van der Waals surface area (Å²) in [6.07, 6.45) is -6.13. The van der Waals surface area contributed by atoms with Gasteiger partial charge in [-0.05, 0) is 13.5 Å². The van der Waals surface area contributed by atoms with E-state index in [1.54, 1.807) is 0 Å². The minimum absolute atomic E-state index is 0.603. The highest BCUT2D eigenvalue weighted by Crippen LogP contribution is 2.65. The summed E-state index contributed by atoms with van der Waals surface area (Å²) < 4.78 is 273. The number of alkyl halides is 20. The summed E-state index contributed by atoms with van der Waals surface area (Å²) in [6.45, 7) is -0.539. The summed E-state index contributed by atoms with van der Waals surface area (Å²) >= 11 is 0. The van der Waals surface area contributed by atoms with Crippen molar-refractivity contribution >= 4 is 5.97 Å². The maximum Gasteiger partial charge on any atom is 0.385 e. The maximum absolute atomic E-state index is 13.7. The van der Waals surface area contributed by atoms with Crippen molar-refractivity contribution in [3.05, 3.63) is 12.3 Å². The zero-order valence-corrected chi connectivity index (χ0v) is 18.0. The van der Waals surface area contributed by atoms with E-state index in [1.807, 2.05) is 0 Å². The lowest BCUT2D eigenvalue weighted by Crippen LogP contribution is -2.76. The highest BCUT2D eigenvalue weighted by Gasteiger charge is 2.96. The smallest absolute Gasteiger partial charge is 0.385 e. The molecule has 0 aromatic carbocycles. The summed E-state index contributed by atoms with van der Waals surface area (Å²) in [7, 11) is 0. The van der Waals surface area contributed by atoms with Crippen LogP contribution in [0, 0.1) is 0 Å². The topological polar surface area (TPSA) is 35.5 Å². The quantitative estimate of drug-likeness (QED) is 0.0893. The highest BCUT2D eigenvalue weighted by atomic mass is 19.4. The molecule has 0 radical (unpaired) electrons. The van der Waals surface area contributed by atoms with Crippen LogP contribution in [0.25, 0.3) is 0 Å². The minimum atomic E-state index is -9.09. The molecule has 0 saturated carbocycles. The third kappa shape index (κ3) is 5.12. The van der Waals surface area contributed by atoms with Gasteiger partial charge in [0, 0.05) is 0 Å². The zero-order valence-electron chi connectivity index (χ0n) is 18.0. The summed E-state index contributed by atoms with van der Waals surface area (Å²) in [5.41, 5.74) is 0. The van der Waals surface area contributed by atoms with Gasteiger partial charge in [-0.3, -0.25) is 0 Å². The van der Waals surface area contributed by atoms with Crippen molar-refractivity contribution in [2.75, 3.05) is 13.2 Å². The normalized spacial score (nSPS) is 15.4. The second-order valence-electron chi connectivity index (χ2n) is 7.08. The molecule has 3 nitrogen and oxygen atoms in total. The molecular formula is C16H10F20O3. The first-order valence-electron chi connectivity index (χ1n) is 8.98. The van der Waals surface area contributed by atoms with Crippen molar-refractivity contribution in [1.29, 1.82) is 0 Å². The Bertz CT molecular complexity index is 909. The van der Waals surface area contributed by atoms with Crippen molar-refractivity contribution in [2.45, 2.75) is 66.7 Å². The number of esters is 1. The third-order valence-corrected chi connectivity index (χ3v) is 4.45. The number of hydrogen-bond donors (Lipinski definition) is 0. The fourth-order valence-corrected chi connectivity index (χ4v) is 2.10.